The van der Waals surface area contributed by atoms with Crippen molar-refractivity contribution < 1.29 is 14.6 Å². The normalized spacial score (nSPS) is 12.2. The van der Waals surface area contributed by atoms with Crippen molar-refractivity contribution in [1.29, 1.82) is 0 Å². The maximum Gasteiger partial charge on any atom is 0.303 e. The number of methoxy groups -OCH3 is 1. The molecule has 1 rings (SSSR count). The molecular formula is C11H13ClO3. The topological polar surface area (TPSA) is 46.5 Å². The van der Waals surface area contributed by atoms with Crippen LogP contribution in [0.25, 0.3) is 0 Å². The van der Waals surface area contributed by atoms with Gasteiger partial charge in [0.05, 0.1) is 18.6 Å². The Morgan fingerprint density at radius 2 is 2.27 bits per heavy atom. The fourth-order valence-electron chi connectivity index (χ4n) is 1.36. The molecule has 0 fully saturated rings. The van der Waals surface area contributed by atoms with Crippen LogP contribution in [0.5, 0.6) is 5.75 Å². The fourth-order valence-corrected chi connectivity index (χ4v) is 1.56. The third kappa shape index (κ3) is 3.13. The lowest BCUT2D eigenvalue weighted by Gasteiger charge is -2.11. The lowest BCUT2D eigenvalue weighted by Crippen LogP contribution is -2.03. The monoisotopic (exact) mass is 228 g/mol. The van der Waals surface area contributed by atoms with Gasteiger partial charge in [0.1, 0.15) is 5.75 Å². The first-order valence-corrected chi connectivity index (χ1v) is 4.97. The van der Waals surface area contributed by atoms with Crippen molar-refractivity contribution in [3.05, 3.63) is 28.8 Å². The fraction of sp³-hybridized carbons (Fsp3) is 0.364. The van der Waals surface area contributed by atoms with Crippen LogP contribution in [0.3, 0.4) is 0 Å². The van der Waals surface area contributed by atoms with Crippen LogP contribution < -0.4 is 4.74 Å². The summed E-state index contributed by atoms with van der Waals surface area (Å²) < 4.78 is 5.06. The number of rotatable bonds is 4. The molecular weight excluding hydrogens is 216 g/mol. The van der Waals surface area contributed by atoms with Crippen molar-refractivity contribution in [1.82, 2.24) is 0 Å². The van der Waals surface area contributed by atoms with Gasteiger partial charge in [-0.25, -0.2) is 0 Å². The molecule has 3 nitrogen and oxygen atoms in total. The lowest BCUT2D eigenvalue weighted by molar-refractivity contribution is -0.137. The van der Waals surface area contributed by atoms with Crippen molar-refractivity contribution in [3.8, 4) is 5.75 Å². The second-order valence-electron chi connectivity index (χ2n) is 3.39. The highest BCUT2D eigenvalue weighted by Gasteiger charge is 2.12. The summed E-state index contributed by atoms with van der Waals surface area (Å²) in [6.45, 7) is 1.86. The smallest absolute Gasteiger partial charge is 0.303 e. The molecule has 0 aliphatic heterocycles. The van der Waals surface area contributed by atoms with E-state index < -0.39 is 5.97 Å². The molecule has 1 atom stereocenters. The SMILES string of the molecule is COc1cc(C(C)CC(=O)O)ccc1Cl. The molecule has 1 aromatic rings. The van der Waals surface area contributed by atoms with Gasteiger partial charge in [0, 0.05) is 0 Å². The standard InChI is InChI=1S/C11H13ClO3/c1-7(5-11(13)14)8-3-4-9(12)10(6-8)15-2/h3-4,6-7H,5H2,1-2H3,(H,13,14). The van der Waals surface area contributed by atoms with Gasteiger partial charge < -0.3 is 9.84 Å². The first-order chi connectivity index (χ1) is 7.04. The van der Waals surface area contributed by atoms with Crippen LogP contribution in [0.2, 0.25) is 5.02 Å². The maximum atomic E-state index is 10.5. The Labute approximate surface area is 93.6 Å². The van der Waals surface area contributed by atoms with Gasteiger partial charge in [-0.15, -0.1) is 0 Å². The quantitative estimate of drug-likeness (QED) is 0.862. The van der Waals surface area contributed by atoms with Crippen molar-refractivity contribution in [2.75, 3.05) is 7.11 Å². The zero-order valence-electron chi connectivity index (χ0n) is 8.66. The van der Waals surface area contributed by atoms with E-state index in [1.807, 2.05) is 13.0 Å². The number of aliphatic carboxylic acids is 1. The largest absolute Gasteiger partial charge is 0.495 e. The van der Waals surface area contributed by atoms with Crippen LogP contribution in [0.4, 0.5) is 0 Å². The maximum absolute atomic E-state index is 10.5. The number of halogens is 1. The van der Waals surface area contributed by atoms with Crippen molar-refractivity contribution in [3.63, 3.8) is 0 Å². The average Bonchev–Trinajstić information content (AvgIpc) is 2.17. The van der Waals surface area contributed by atoms with Gasteiger partial charge in [-0.1, -0.05) is 24.6 Å². The van der Waals surface area contributed by atoms with E-state index in [9.17, 15) is 4.79 Å². The van der Waals surface area contributed by atoms with E-state index in [4.69, 9.17) is 21.4 Å². The number of carbonyl (C=O) groups is 1. The minimum absolute atomic E-state index is 0.0475. The predicted octanol–water partition coefficient (Wildman–Crippen LogP) is 2.93. The first-order valence-electron chi connectivity index (χ1n) is 4.59. The molecule has 0 bridgehead atoms. The van der Waals surface area contributed by atoms with Gasteiger partial charge in [-0.05, 0) is 23.6 Å². The second-order valence-corrected chi connectivity index (χ2v) is 3.80. The number of hydrogen-bond acceptors (Lipinski definition) is 2. The molecule has 0 aromatic heterocycles. The van der Waals surface area contributed by atoms with E-state index in [1.165, 1.54) is 7.11 Å². The second kappa shape index (κ2) is 5.03. The molecule has 82 valence electrons. The van der Waals surface area contributed by atoms with Gasteiger partial charge in [-0.3, -0.25) is 4.79 Å². The molecule has 4 heteroatoms. The number of carboxylic acids is 1. The Morgan fingerprint density at radius 3 is 2.80 bits per heavy atom. The van der Waals surface area contributed by atoms with Gasteiger partial charge in [0.2, 0.25) is 0 Å². The molecule has 0 aliphatic carbocycles. The Hall–Kier alpha value is -1.22. The molecule has 0 aliphatic rings. The average molecular weight is 229 g/mol. The predicted molar refractivity (Wildman–Crippen MR) is 58.7 cm³/mol. The zero-order valence-corrected chi connectivity index (χ0v) is 9.41. The minimum atomic E-state index is -0.809. The summed E-state index contributed by atoms with van der Waals surface area (Å²) in [7, 11) is 1.53. The lowest BCUT2D eigenvalue weighted by atomic mass is 9.98. The molecule has 0 spiro atoms. The van der Waals surface area contributed by atoms with Crippen LogP contribution in [0, 0.1) is 0 Å². The number of ether oxygens (including phenoxy) is 1. The molecule has 0 radical (unpaired) electrons. The highest BCUT2D eigenvalue weighted by molar-refractivity contribution is 6.32. The van der Waals surface area contributed by atoms with E-state index in [-0.39, 0.29) is 12.3 Å². The van der Waals surface area contributed by atoms with E-state index in [0.717, 1.165) is 5.56 Å². The summed E-state index contributed by atoms with van der Waals surface area (Å²) in [5.74, 6) is -0.281. The Balaban J connectivity index is 2.90. The summed E-state index contributed by atoms with van der Waals surface area (Å²) in [4.78, 5) is 10.5. The van der Waals surface area contributed by atoms with Crippen LogP contribution in [-0.4, -0.2) is 18.2 Å². The molecule has 1 N–H and O–H groups in total. The minimum Gasteiger partial charge on any atom is -0.495 e. The Bertz CT molecular complexity index is 363. The summed E-state index contributed by atoms with van der Waals surface area (Å²) in [6.07, 6.45) is 0.102. The molecule has 1 aromatic carbocycles. The Morgan fingerprint density at radius 1 is 1.60 bits per heavy atom. The molecule has 0 heterocycles. The van der Waals surface area contributed by atoms with Crippen molar-refractivity contribution in [2.24, 2.45) is 0 Å². The summed E-state index contributed by atoms with van der Waals surface area (Å²) in [5, 5.41) is 9.20. The van der Waals surface area contributed by atoms with Crippen molar-refractivity contribution >= 4 is 17.6 Å². The van der Waals surface area contributed by atoms with E-state index in [1.54, 1.807) is 12.1 Å². The first kappa shape index (κ1) is 11.9. The third-order valence-electron chi connectivity index (χ3n) is 2.23. The molecule has 0 amide bonds. The van der Waals surface area contributed by atoms with E-state index in [2.05, 4.69) is 0 Å². The highest BCUT2D eigenvalue weighted by Crippen LogP contribution is 2.29. The van der Waals surface area contributed by atoms with Gasteiger partial charge in [-0.2, -0.15) is 0 Å². The number of hydrogen-bond donors (Lipinski definition) is 1. The van der Waals surface area contributed by atoms with Crippen molar-refractivity contribution in [2.45, 2.75) is 19.3 Å². The van der Waals surface area contributed by atoms with Crippen LogP contribution in [0.1, 0.15) is 24.8 Å². The number of carboxylic acid groups (broad SMARTS) is 1. The van der Waals surface area contributed by atoms with E-state index in [0.29, 0.717) is 10.8 Å². The third-order valence-corrected chi connectivity index (χ3v) is 2.54. The number of benzene rings is 1. The molecule has 1 unspecified atom stereocenters. The van der Waals surface area contributed by atoms with Gasteiger partial charge >= 0.3 is 5.97 Å². The van der Waals surface area contributed by atoms with Crippen LogP contribution in [-0.2, 0) is 4.79 Å². The highest BCUT2D eigenvalue weighted by atomic mass is 35.5. The van der Waals surface area contributed by atoms with Crippen LogP contribution >= 0.6 is 11.6 Å². The molecule has 15 heavy (non-hydrogen) atoms. The molecule has 0 saturated heterocycles. The summed E-state index contributed by atoms with van der Waals surface area (Å²) in [5.41, 5.74) is 0.915. The van der Waals surface area contributed by atoms with E-state index >= 15 is 0 Å². The zero-order chi connectivity index (χ0) is 11.4. The Kier molecular flexibility index (Phi) is 3.97. The van der Waals surface area contributed by atoms with Gasteiger partial charge in [0.25, 0.3) is 0 Å². The van der Waals surface area contributed by atoms with Crippen LogP contribution in [0.15, 0.2) is 18.2 Å². The van der Waals surface area contributed by atoms with Gasteiger partial charge in [0.15, 0.2) is 0 Å². The molecule has 0 saturated carbocycles. The summed E-state index contributed by atoms with van der Waals surface area (Å²) >= 11 is 5.87. The summed E-state index contributed by atoms with van der Waals surface area (Å²) in [6, 6.07) is 5.31.